The fourth-order valence-corrected chi connectivity index (χ4v) is 3.88. The van der Waals surface area contributed by atoms with Crippen LogP contribution in [0.2, 0.25) is 0 Å². The predicted molar refractivity (Wildman–Crippen MR) is 105 cm³/mol. The minimum atomic E-state index is -0.415. The number of nitrogens with two attached hydrogens (primary N) is 1. The molecule has 0 spiro atoms. The minimum Gasteiger partial charge on any atom is -0.496 e. The molecule has 150 valence electrons. The SMILES string of the molecule is COc1ccc2c(C)c(CCC(=O)N3CCC(C(N)=O)CC3)c(=O)oc2c1C. The van der Waals surface area contributed by atoms with E-state index in [1.165, 1.54) is 0 Å². The lowest BCUT2D eigenvalue weighted by Gasteiger charge is -2.30. The number of rotatable bonds is 5. The highest BCUT2D eigenvalue weighted by atomic mass is 16.5. The average molecular weight is 386 g/mol. The standard InChI is InChI=1S/C21H26N2O5/c1-12-15-4-6-17(27-3)13(2)19(15)28-21(26)16(12)5-7-18(24)23-10-8-14(9-11-23)20(22)25/h4,6,14H,5,7-11H2,1-3H3,(H2,22,25). The summed E-state index contributed by atoms with van der Waals surface area (Å²) in [7, 11) is 1.57. The summed E-state index contributed by atoms with van der Waals surface area (Å²) in [6.45, 7) is 4.78. The van der Waals surface area contributed by atoms with E-state index in [1.807, 2.05) is 26.0 Å². The summed E-state index contributed by atoms with van der Waals surface area (Å²) in [4.78, 5) is 38.1. The second-order valence-corrected chi connectivity index (χ2v) is 7.32. The highest BCUT2D eigenvalue weighted by Crippen LogP contribution is 2.29. The maximum Gasteiger partial charge on any atom is 0.339 e. The number of likely N-dealkylation sites (tertiary alicyclic amines) is 1. The zero-order valence-corrected chi connectivity index (χ0v) is 16.5. The van der Waals surface area contributed by atoms with Crippen LogP contribution in [0.15, 0.2) is 21.3 Å². The Morgan fingerprint density at radius 2 is 1.89 bits per heavy atom. The van der Waals surface area contributed by atoms with Gasteiger partial charge in [-0.2, -0.15) is 0 Å². The van der Waals surface area contributed by atoms with Gasteiger partial charge in [0, 0.05) is 41.9 Å². The Morgan fingerprint density at radius 1 is 1.21 bits per heavy atom. The van der Waals surface area contributed by atoms with Crippen molar-refractivity contribution in [2.75, 3.05) is 20.2 Å². The Hall–Kier alpha value is -2.83. The van der Waals surface area contributed by atoms with Crippen molar-refractivity contribution in [1.82, 2.24) is 4.90 Å². The van der Waals surface area contributed by atoms with E-state index in [0.717, 1.165) is 16.5 Å². The van der Waals surface area contributed by atoms with Gasteiger partial charge in [0.2, 0.25) is 11.8 Å². The van der Waals surface area contributed by atoms with Crippen LogP contribution in [0.5, 0.6) is 5.75 Å². The summed E-state index contributed by atoms with van der Waals surface area (Å²) in [6, 6.07) is 3.72. The van der Waals surface area contributed by atoms with Crippen molar-refractivity contribution in [3.63, 3.8) is 0 Å². The van der Waals surface area contributed by atoms with Gasteiger partial charge < -0.3 is 19.8 Å². The van der Waals surface area contributed by atoms with Crippen molar-refractivity contribution in [1.29, 1.82) is 0 Å². The molecule has 0 unspecified atom stereocenters. The third-order valence-corrected chi connectivity index (χ3v) is 5.71. The lowest BCUT2D eigenvalue weighted by atomic mass is 9.95. The van der Waals surface area contributed by atoms with E-state index in [2.05, 4.69) is 0 Å². The molecule has 1 aliphatic heterocycles. The first-order valence-corrected chi connectivity index (χ1v) is 9.50. The van der Waals surface area contributed by atoms with Crippen LogP contribution in [0, 0.1) is 19.8 Å². The van der Waals surface area contributed by atoms with Crippen molar-refractivity contribution in [3.05, 3.63) is 39.2 Å². The molecule has 0 radical (unpaired) electrons. The number of ether oxygens (including phenoxy) is 1. The molecular formula is C21H26N2O5. The molecule has 28 heavy (non-hydrogen) atoms. The molecule has 1 saturated heterocycles. The molecule has 1 aromatic carbocycles. The molecule has 2 N–H and O–H groups in total. The molecule has 2 heterocycles. The summed E-state index contributed by atoms with van der Waals surface area (Å²) in [5.41, 5.74) is 7.57. The van der Waals surface area contributed by atoms with Crippen LogP contribution in [0.3, 0.4) is 0 Å². The van der Waals surface area contributed by atoms with Gasteiger partial charge in [-0.1, -0.05) is 0 Å². The number of amides is 2. The molecule has 0 atom stereocenters. The number of carbonyl (C=O) groups is 2. The fraction of sp³-hybridized carbons (Fsp3) is 0.476. The molecule has 3 rings (SSSR count). The number of benzene rings is 1. The summed E-state index contributed by atoms with van der Waals surface area (Å²) in [5, 5.41) is 0.850. The molecule has 0 saturated carbocycles. The molecule has 0 aliphatic carbocycles. The Morgan fingerprint density at radius 3 is 2.50 bits per heavy atom. The van der Waals surface area contributed by atoms with Gasteiger partial charge >= 0.3 is 5.63 Å². The molecule has 1 aromatic heterocycles. The van der Waals surface area contributed by atoms with Crippen molar-refractivity contribution in [3.8, 4) is 5.75 Å². The van der Waals surface area contributed by atoms with Crippen LogP contribution in [0.1, 0.15) is 36.0 Å². The zero-order valence-electron chi connectivity index (χ0n) is 16.5. The smallest absolute Gasteiger partial charge is 0.339 e. The van der Waals surface area contributed by atoms with Gasteiger partial charge in [-0.25, -0.2) is 4.79 Å². The lowest BCUT2D eigenvalue weighted by molar-refractivity contribution is -0.134. The Labute approximate surface area is 163 Å². The molecule has 0 bridgehead atoms. The fourth-order valence-electron chi connectivity index (χ4n) is 3.88. The van der Waals surface area contributed by atoms with Gasteiger partial charge in [-0.05, 0) is 50.8 Å². The molecule has 1 fully saturated rings. The van der Waals surface area contributed by atoms with Gasteiger partial charge in [0.15, 0.2) is 0 Å². The summed E-state index contributed by atoms with van der Waals surface area (Å²) in [6.07, 6.45) is 1.75. The van der Waals surface area contributed by atoms with E-state index in [1.54, 1.807) is 12.0 Å². The number of aryl methyl sites for hydroxylation is 2. The molecule has 2 amide bonds. The van der Waals surface area contributed by atoms with E-state index >= 15 is 0 Å². The lowest BCUT2D eigenvalue weighted by Crippen LogP contribution is -2.41. The number of primary amides is 1. The van der Waals surface area contributed by atoms with Crippen LogP contribution in [0.25, 0.3) is 11.0 Å². The average Bonchev–Trinajstić information content (AvgIpc) is 2.68. The van der Waals surface area contributed by atoms with Crippen LogP contribution in [-0.4, -0.2) is 36.9 Å². The Balaban J connectivity index is 1.75. The maximum absolute atomic E-state index is 12.5. The van der Waals surface area contributed by atoms with Crippen LogP contribution in [0.4, 0.5) is 0 Å². The van der Waals surface area contributed by atoms with Crippen LogP contribution in [-0.2, 0) is 16.0 Å². The first-order chi connectivity index (χ1) is 13.3. The number of hydrogen-bond donors (Lipinski definition) is 1. The number of carbonyl (C=O) groups excluding carboxylic acids is 2. The van der Waals surface area contributed by atoms with E-state index in [4.69, 9.17) is 14.9 Å². The normalized spacial score (nSPS) is 15.0. The molecule has 7 nitrogen and oxygen atoms in total. The first kappa shape index (κ1) is 19.9. The quantitative estimate of drug-likeness (QED) is 0.793. The van der Waals surface area contributed by atoms with E-state index < -0.39 is 5.63 Å². The predicted octanol–water partition coefficient (Wildman–Crippen LogP) is 2.07. The molecule has 7 heteroatoms. The van der Waals surface area contributed by atoms with Crippen molar-refractivity contribution >= 4 is 22.8 Å². The highest BCUT2D eigenvalue weighted by Gasteiger charge is 2.26. The first-order valence-electron chi connectivity index (χ1n) is 9.50. The monoisotopic (exact) mass is 386 g/mol. The Bertz CT molecular complexity index is 971. The summed E-state index contributed by atoms with van der Waals surface area (Å²) in [5.74, 6) is 0.188. The maximum atomic E-state index is 12.5. The van der Waals surface area contributed by atoms with Gasteiger partial charge in [0.25, 0.3) is 0 Å². The van der Waals surface area contributed by atoms with Gasteiger partial charge in [-0.15, -0.1) is 0 Å². The minimum absolute atomic E-state index is 0.0206. The number of nitrogens with zero attached hydrogens (tertiary/aromatic N) is 1. The highest BCUT2D eigenvalue weighted by molar-refractivity contribution is 5.86. The molecule has 2 aromatic rings. The van der Waals surface area contributed by atoms with E-state index in [9.17, 15) is 14.4 Å². The van der Waals surface area contributed by atoms with Crippen LogP contribution >= 0.6 is 0 Å². The number of methoxy groups -OCH3 is 1. The number of piperidine rings is 1. The molecular weight excluding hydrogens is 360 g/mol. The summed E-state index contributed by atoms with van der Waals surface area (Å²) >= 11 is 0. The van der Waals surface area contributed by atoms with E-state index in [0.29, 0.717) is 49.2 Å². The largest absolute Gasteiger partial charge is 0.496 e. The van der Waals surface area contributed by atoms with Crippen molar-refractivity contribution < 1.29 is 18.7 Å². The molecule has 1 aliphatic rings. The third kappa shape index (κ3) is 3.74. The third-order valence-electron chi connectivity index (χ3n) is 5.71. The van der Waals surface area contributed by atoms with E-state index in [-0.39, 0.29) is 24.2 Å². The second-order valence-electron chi connectivity index (χ2n) is 7.32. The second kappa shape index (κ2) is 8.04. The topological polar surface area (TPSA) is 103 Å². The summed E-state index contributed by atoms with van der Waals surface area (Å²) < 4.78 is 10.8. The van der Waals surface area contributed by atoms with Gasteiger partial charge in [0.05, 0.1) is 7.11 Å². The van der Waals surface area contributed by atoms with Crippen molar-refractivity contribution in [2.24, 2.45) is 11.7 Å². The van der Waals surface area contributed by atoms with Gasteiger partial charge in [-0.3, -0.25) is 9.59 Å². The zero-order chi connectivity index (χ0) is 20.4. The van der Waals surface area contributed by atoms with Crippen molar-refractivity contribution in [2.45, 2.75) is 39.5 Å². The van der Waals surface area contributed by atoms with Gasteiger partial charge in [0.1, 0.15) is 11.3 Å². The number of hydrogen-bond acceptors (Lipinski definition) is 5. The van der Waals surface area contributed by atoms with Crippen LogP contribution < -0.4 is 16.1 Å². The Kier molecular flexibility index (Phi) is 5.72. The number of fused-ring (bicyclic) bond motifs is 1.